The molecule has 0 saturated carbocycles. The lowest BCUT2D eigenvalue weighted by atomic mass is 10.2. The minimum absolute atomic E-state index is 0.212. The summed E-state index contributed by atoms with van der Waals surface area (Å²) in [6, 6.07) is 11.2. The maximum atomic E-state index is 12.0. The number of para-hydroxylation sites is 1. The van der Waals surface area contributed by atoms with E-state index in [9.17, 15) is 19.7 Å². The number of nitro benzene ring substituents is 1. The Morgan fingerprint density at radius 2 is 1.76 bits per heavy atom. The van der Waals surface area contributed by atoms with Gasteiger partial charge in [0.1, 0.15) is 11.5 Å². The number of hydrogen-bond donors (Lipinski definition) is 1. The Morgan fingerprint density at radius 3 is 2.38 bits per heavy atom. The number of nitrogens with zero attached hydrogens (tertiary/aromatic N) is 1. The van der Waals surface area contributed by atoms with Crippen LogP contribution in [0.2, 0.25) is 0 Å². The van der Waals surface area contributed by atoms with Crippen LogP contribution in [0.25, 0.3) is 0 Å². The largest absolute Gasteiger partial charge is 0.457 e. The lowest BCUT2D eigenvalue weighted by Gasteiger charge is -2.29. The van der Waals surface area contributed by atoms with Crippen LogP contribution in [0.4, 0.5) is 11.4 Å². The third kappa shape index (κ3) is 4.70. The van der Waals surface area contributed by atoms with Gasteiger partial charge in [-0.15, -0.1) is 0 Å². The van der Waals surface area contributed by atoms with Crippen LogP contribution < -0.4 is 10.1 Å². The molecule has 3 rings (SSSR count). The Morgan fingerprint density at radius 1 is 1.10 bits per heavy atom. The lowest BCUT2D eigenvalue weighted by Crippen LogP contribution is -2.42. The minimum atomic E-state index is -1.36. The Kier molecular flexibility index (Phi) is 5.22. The molecule has 2 aromatic rings. The van der Waals surface area contributed by atoms with Gasteiger partial charge in [-0.05, 0) is 18.6 Å². The van der Waals surface area contributed by atoms with Crippen LogP contribution in [0, 0.1) is 17.0 Å². The van der Waals surface area contributed by atoms with Gasteiger partial charge in [0.25, 0.3) is 11.5 Å². The first-order chi connectivity index (χ1) is 13.6. The second kappa shape index (κ2) is 7.63. The van der Waals surface area contributed by atoms with Gasteiger partial charge in [-0.3, -0.25) is 10.1 Å². The van der Waals surface area contributed by atoms with Crippen molar-refractivity contribution in [3.05, 3.63) is 69.9 Å². The second-order valence-electron chi connectivity index (χ2n) is 6.72. The summed E-state index contributed by atoms with van der Waals surface area (Å²) in [5, 5.41) is 14.0. The molecule has 0 atom stereocenters. The van der Waals surface area contributed by atoms with E-state index in [0.717, 1.165) is 11.8 Å². The number of cyclic esters (lactones) is 2. The number of hydrogen-bond acceptors (Lipinski definition) is 8. The van der Waals surface area contributed by atoms with Crippen molar-refractivity contribution in [1.29, 1.82) is 0 Å². The molecular formula is C20H18N2O7. The summed E-state index contributed by atoms with van der Waals surface area (Å²) in [6.45, 7) is 4.71. The van der Waals surface area contributed by atoms with Crippen LogP contribution in [-0.4, -0.2) is 22.6 Å². The highest BCUT2D eigenvalue weighted by molar-refractivity contribution is 6.15. The first-order valence-electron chi connectivity index (χ1n) is 8.61. The van der Waals surface area contributed by atoms with Crippen LogP contribution in [0.15, 0.2) is 54.2 Å². The van der Waals surface area contributed by atoms with E-state index >= 15 is 0 Å². The van der Waals surface area contributed by atoms with Gasteiger partial charge in [0.15, 0.2) is 5.57 Å². The van der Waals surface area contributed by atoms with Crippen LogP contribution in [0.1, 0.15) is 19.4 Å². The Bertz CT molecular complexity index is 1010. The van der Waals surface area contributed by atoms with Crippen molar-refractivity contribution in [3.63, 3.8) is 0 Å². The number of carbonyl (C=O) groups excluding carboxylic acids is 2. The molecule has 1 aliphatic heterocycles. The van der Waals surface area contributed by atoms with Crippen molar-refractivity contribution in [1.82, 2.24) is 0 Å². The normalized spacial score (nSPS) is 15.2. The summed E-state index contributed by atoms with van der Waals surface area (Å²) < 4.78 is 15.8. The molecule has 29 heavy (non-hydrogen) atoms. The molecule has 9 nitrogen and oxygen atoms in total. The maximum absolute atomic E-state index is 12.0. The third-order valence-corrected chi connectivity index (χ3v) is 3.92. The van der Waals surface area contributed by atoms with Crippen molar-refractivity contribution in [2.45, 2.75) is 26.6 Å². The molecular weight excluding hydrogens is 380 g/mol. The summed E-state index contributed by atoms with van der Waals surface area (Å²) in [6.07, 6.45) is 1.08. The monoisotopic (exact) mass is 398 g/mol. The van der Waals surface area contributed by atoms with E-state index in [1.54, 1.807) is 12.1 Å². The fourth-order valence-corrected chi connectivity index (χ4v) is 2.56. The quantitative estimate of drug-likeness (QED) is 0.265. The highest BCUT2D eigenvalue weighted by Crippen LogP contribution is 2.31. The van der Waals surface area contributed by atoms with E-state index in [4.69, 9.17) is 14.2 Å². The van der Waals surface area contributed by atoms with Crippen LogP contribution in [0.5, 0.6) is 11.5 Å². The van der Waals surface area contributed by atoms with Crippen molar-refractivity contribution < 1.29 is 28.7 Å². The molecule has 2 aromatic carbocycles. The zero-order chi connectivity index (χ0) is 21.2. The smallest absolute Gasteiger partial charge is 0.350 e. The molecule has 0 bridgehead atoms. The molecule has 1 fully saturated rings. The molecule has 150 valence electrons. The number of esters is 2. The standard InChI is InChI=1S/C20H18N2O7/c1-12-6-4-5-7-17(12)27-15-9-13(8-14(10-15)22(25)26)21-11-16-18(23)28-20(2,3)29-19(16)24/h4-11,21H,1-3H3. The van der Waals surface area contributed by atoms with Gasteiger partial charge in [-0.25, -0.2) is 9.59 Å². The molecule has 1 heterocycles. The Balaban J connectivity index is 1.88. The van der Waals surface area contributed by atoms with E-state index in [1.807, 2.05) is 19.1 Å². The minimum Gasteiger partial charge on any atom is -0.457 e. The number of nitrogens with one attached hydrogen (secondary N) is 1. The number of benzene rings is 2. The first kappa shape index (κ1) is 19.9. The molecule has 0 amide bonds. The zero-order valence-electron chi connectivity index (χ0n) is 15.9. The van der Waals surface area contributed by atoms with Gasteiger partial charge in [0, 0.05) is 37.9 Å². The number of rotatable bonds is 5. The van der Waals surface area contributed by atoms with Crippen molar-refractivity contribution in [2.75, 3.05) is 5.32 Å². The molecule has 1 aliphatic rings. The summed E-state index contributed by atoms with van der Waals surface area (Å²) in [4.78, 5) is 34.7. The SMILES string of the molecule is Cc1ccccc1Oc1cc(NC=C2C(=O)OC(C)(C)OC2=O)cc([N+](=O)[O-])c1. The number of anilines is 1. The van der Waals surface area contributed by atoms with Crippen molar-refractivity contribution in [2.24, 2.45) is 0 Å². The van der Waals surface area contributed by atoms with Gasteiger partial charge < -0.3 is 19.5 Å². The summed E-state index contributed by atoms with van der Waals surface area (Å²) in [7, 11) is 0. The van der Waals surface area contributed by atoms with Gasteiger partial charge in [0.05, 0.1) is 11.0 Å². The lowest BCUT2D eigenvalue weighted by molar-refractivity contribution is -0.384. The van der Waals surface area contributed by atoms with E-state index < -0.39 is 22.6 Å². The van der Waals surface area contributed by atoms with Crippen LogP contribution in [-0.2, 0) is 19.1 Å². The highest BCUT2D eigenvalue weighted by atomic mass is 16.7. The highest BCUT2D eigenvalue weighted by Gasteiger charge is 2.38. The van der Waals surface area contributed by atoms with Crippen LogP contribution >= 0.6 is 0 Å². The number of aryl methyl sites for hydroxylation is 1. The van der Waals surface area contributed by atoms with Crippen LogP contribution in [0.3, 0.4) is 0 Å². The number of non-ortho nitro benzene ring substituents is 1. The predicted molar refractivity (Wildman–Crippen MR) is 102 cm³/mol. The Labute approximate surface area is 166 Å². The van der Waals surface area contributed by atoms with Gasteiger partial charge in [-0.2, -0.15) is 0 Å². The Hall–Kier alpha value is -3.88. The van der Waals surface area contributed by atoms with E-state index in [2.05, 4.69) is 5.32 Å². The number of carbonyl (C=O) groups is 2. The van der Waals surface area contributed by atoms with Gasteiger partial charge in [-0.1, -0.05) is 18.2 Å². The molecule has 0 unspecified atom stereocenters. The van der Waals surface area contributed by atoms with Crippen molar-refractivity contribution in [3.8, 4) is 11.5 Å². The van der Waals surface area contributed by atoms with Gasteiger partial charge in [0.2, 0.25) is 0 Å². The summed E-state index contributed by atoms with van der Waals surface area (Å²) >= 11 is 0. The van der Waals surface area contributed by atoms with Crippen molar-refractivity contribution >= 4 is 23.3 Å². The maximum Gasteiger partial charge on any atom is 0.350 e. The molecule has 9 heteroatoms. The topological polar surface area (TPSA) is 117 Å². The fraction of sp³-hybridized carbons (Fsp3) is 0.200. The molecule has 0 aliphatic carbocycles. The number of ether oxygens (including phenoxy) is 3. The first-order valence-corrected chi connectivity index (χ1v) is 8.61. The summed E-state index contributed by atoms with van der Waals surface area (Å²) in [5.41, 5.74) is 0.496. The molecule has 1 N–H and O–H groups in total. The van der Waals surface area contributed by atoms with E-state index in [-0.39, 0.29) is 22.7 Å². The second-order valence-corrected chi connectivity index (χ2v) is 6.72. The zero-order valence-corrected chi connectivity index (χ0v) is 15.9. The molecule has 1 saturated heterocycles. The fourth-order valence-electron chi connectivity index (χ4n) is 2.56. The summed E-state index contributed by atoms with van der Waals surface area (Å²) in [5.74, 6) is -2.32. The average Bonchev–Trinajstić information content (AvgIpc) is 2.62. The van der Waals surface area contributed by atoms with E-state index in [0.29, 0.717) is 5.75 Å². The molecule has 0 aromatic heterocycles. The third-order valence-electron chi connectivity index (χ3n) is 3.92. The molecule has 0 spiro atoms. The predicted octanol–water partition coefficient (Wildman–Crippen LogP) is 3.83. The molecule has 0 radical (unpaired) electrons. The van der Waals surface area contributed by atoms with Gasteiger partial charge >= 0.3 is 11.9 Å². The van der Waals surface area contributed by atoms with E-state index in [1.165, 1.54) is 32.0 Å². The number of nitro groups is 1. The average molecular weight is 398 g/mol.